The molecule has 1 atom stereocenters. The summed E-state index contributed by atoms with van der Waals surface area (Å²) < 4.78 is 12.3. The maximum absolute atomic E-state index is 12.6. The fourth-order valence-electron chi connectivity index (χ4n) is 3.18. The average Bonchev–Trinajstić information content (AvgIpc) is 3.26. The molecule has 0 aliphatic heterocycles. The summed E-state index contributed by atoms with van der Waals surface area (Å²) in [5.41, 5.74) is 1.13. The van der Waals surface area contributed by atoms with Crippen LogP contribution in [0.3, 0.4) is 0 Å². The highest BCUT2D eigenvalue weighted by Gasteiger charge is 2.20. The van der Waals surface area contributed by atoms with Gasteiger partial charge in [-0.05, 0) is 50.2 Å². The lowest BCUT2D eigenvalue weighted by molar-refractivity contribution is -0.113. The van der Waals surface area contributed by atoms with Crippen molar-refractivity contribution in [2.75, 3.05) is 25.3 Å². The molecule has 3 rings (SSSR count). The second-order valence-electron chi connectivity index (χ2n) is 7.05. The van der Waals surface area contributed by atoms with Gasteiger partial charge in [-0.15, -0.1) is 10.2 Å². The SMILES string of the molecule is CCn1c(SCC(=O)Nc2ccccc2OC)nnc1[C@@H](C)NC(=O)c1ccc(OC)cc1. The van der Waals surface area contributed by atoms with Gasteiger partial charge in [0, 0.05) is 12.1 Å². The molecule has 10 heteroatoms. The van der Waals surface area contributed by atoms with Crippen LogP contribution in [-0.4, -0.2) is 46.6 Å². The summed E-state index contributed by atoms with van der Waals surface area (Å²) in [6.07, 6.45) is 0. The number of thioether (sulfide) groups is 1. The predicted molar refractivity (Wildman–Crippen MR) is 127 cm³/mol. The number of benzene rings is 2. The van der Waals surface area contributed by atoms with Crippen molar-refractivity contribution in [1.82, 2.24) is 20.1 Å². The van der Waals surface area contributed by atoms with E-state index < -0.39 is 0 Å². The third-order valence-corrected chi connectivity index (χ3v) is 5.83. The quantitative estimate of drug-likeness (QED) is 0.437. The van der Waals surface area contributed by atoms with E-state index in [-0.39, 0.29) is 23.6 Å². The van der Waals surface area contributed by atoms with E-state index in [9.17, 15) is 9.59 Å². The second kappa shape index (κ2) is 11.4. The van der Waals surface area contributed by atoms with Crippen molar-refractivity contribution < 1.29 is 19.1 Å². The lowest BCUT2D eigenvalue weighted by atomic mass is 10.2. The number of ether oxygens (including phenoxy) is 2. The van der Waals surface area contributed by atoms with E-state index in [4.69, 9.17) is 9.47 Å². The summed E-state index contributed by atoms with van der Waals surface area (Å²) in [6.45, 7) is 4.41. The van der Waals surface area contributed by atoms with Crippen molar-refractivity contribution in [3.8, 4) is 11.5 Å². The number of methoxy groups -OCH3 is 2. The van der Waals surface area contributed by atoms with E-state index in [2.05, 4.69) is 20.8 Å². The van der Waals surface area contributed by atoms with Crippen LogP contribution < -0.4 is 20.1 Å². The maximum atomic E-state index is 12.6. The van der Waals surface area contributed by atoms with Gasteiger partial charge in [0.2, 0.25) is 5.91 Å². The minimum absolute atomic E-state index is 0.156. The van der Waals surface area contributed by atoms with Gasteiger partial charge in [0.05, 0.1) is 31.7 Å². The number of carbonyl (C=O) groups is 2. The molecule has 0 radical (unpaired) electrons. The van der Waals surface area contributed by atoms with E-state index in [1.165, 1.54) is 11.8 Å². The van der Waals surface area contributed by atoms with Gasteiger partial charge in [0.1, 0.15) is 11.5 Å². The number of hydrogen-bond donors (Lipinski definition) is 2. The first kappa shape index (κ1) is 24.1. The standard InChI is InChI=1S/C23H27N5O4S/c1-5-28-21(15(2)24-22(30)16-10-12-17(31-3)13-11-16)26-27-23(28)33-14-20(29)25-18-8-6-7-9-19(18)32-4/h6-13,15H,5,14H2,1-4H3,(H,24,30)(H,25,29)/t15-/m1/s1. The zero-order chi connectivity index (χ0) is 23.8. The molecule has 2 amide bonds. The van der Waals surface area contributed by atoms with Crippen LogP contribution in [0.2, 0.25) is 0 Å². The molecule has 1 heterocycles. The van der Waals surface area contributed by atoms with Crippen LogP contribution in [0.1, 0.15) is 36.1 Å². The third-order valence-electron chi connectivity index (χ3n) is 4.86. The number of amides is 2. The molecule has 2 N–H and O–H groups in total. The molecule has 174 valence electrons. The summed E-state index contributed by atoms with van der Waals surface area (Å²) in [5, 5.41) is 14.9. The predicted octanol–water partition coefficient (Wildman–Crippen LogP) is 3.54. The Kier molecular flexibility index (Phi) is 8.31. The normalized spacial score (nSPS) is 11.5. The van der Waals surface area contributed by atoms with Crippen LogP contribution in [0, 0.1) is 0 Å². The zero-order valence-corrected chi connectivity index (χ0v) is 19.8. The van der Waals surface area contributed by atoms with E-state index in [1.54, 1.807) is 50.6 Å². The van der Waals surface area contributed by atoms with E-state index in [0.717, 1.165) is 0 Å². The first-order valence-corrected chi connectivity index (χ1v) is 11.4. The van der Waals surface area contributed by atoms with Crippen molar-refractivity contribution >= 4 is 29.3 Å². The molecule has 0 fully saturated rings. The summed E-state index contributed by atoms with van der Waals surface area (Å²) in [5.74, 6) is 1.65. The Labute approximate surface area is 196 Å². The van der Waals surface area contributed by atoms with Gasteiger partial charge in [-0.2, -0.15) is 0 Å². The minimum atomic E-state index is -0.371. The van der Waals surface area contributed by atoms with Crippen LogP contribution >= 0.6 is 11.8 Å². The van der Waals surface area contributed by atoms with Crippen LogP contribution in [-0.2, 0) is 11.3 Å². The molecule has 0 spiro atoms. The van der Waals surface area contributed by atoms with E-state index in [1.807, 2.05) is 30.5 Å². The molecular formula is C23H27N5O4S. The Morgan fingerprint density at radius 1 is 1.06 bits per heavy atom. The number of nitrogens with one attached hydrogen (secondary N) is 2. The van der Waals surface area contributed by atoms with Gasteiger partial charge in [-0.25, -0.2) is 0 Å². The van der Waals surface area contributed by atoms with Crippen molar-refractivity contribution in [2.24, 2.45) is 0 Å². The minimum Gasteiger partial charge on any atom is -0.497 e. The van der Waals surface area contributed by atoms with E-state index in [0.29, 0.717) is 40.3 Å². The van der Waals surface area contributed by atoms with Crippen molar-refractivity contribution in [3.05, 3.63) is 59.9 Å². The maximum Gasteiger partial charge on any atom is 0.251 e. The third kappa shape index (κ3) is 6.04. The van der Waals surface area contributed by atoms with Gasteiger partial charge in [0.25, 0.3) is 5.91 Å². The summed E-state index contributed by atoms with van der Waals surface area (Å²) in [6, 6.07) is 13.7. The summed E-state index contributed by atoms with van der Waals surface area (Å²) in [4.78, 5) is 25.0. The van der Waals surface area contributed by atoms with Crippen molar-refractivity contribution in [2.45, 2.75) is 31.6 Å². The Hall–Kier alpha value is -3.53. The van der Waals surface area contributed by atoms with Crippen LogP contribution in [0.25, 0.3) is 0 Å². The highest BCUT2D eigenvalue weighted by molar-refractivity contribution is 7.99. The first-order valence-electron chi connectivity index (χ1n) is 10.4. The van der Waals surface area contributed by atoms with Gasteiger partial charge in [0.15, 0.2) is 11.0 Å². The smallest absolute Gasteiger partial charge is 0.251 e. The van der Waals surface area contributed by atoms with Crippen LogP contribution in [0.4, 0.5) is 5.69 Å². The van der Waals surface area contributed by atoms with Crippen molar-refractivity contribution in [1.29, 1.82) is 0 Å². The van der Waals surface area contributed by atoms with Gasteiger partial charge >= 0.3 is 0 Å². The lowest BCUT2D eigenvalue weighted by Crippen LogP contribution is -2.28. The average molecular weight is 470 g/mol. The molecule has 0 unspecified atom stereocenters. The van der Waals surface area contributed by atoms with Crippen LogP contribution in [0.5, 0.6) is 11.5 Å². The fourth-order valence-corrected chi connectivity index (χ4v) is 3.98. The Balaban J connectivity index is 1.62. The molecule has 0 aliphatic carbocycles. The largest absolute Gasteiger partial charge is 0.497 e. The molecule has 33 heavy (non-hydrogen) atoms. The first-order chi connectivity index (χ1) is 16.0. The molecular weight excluding hydrogens is 442 g/mol. The topological polar surface area (TPSA) is 107 Å². The molecule has 9 nitrogen and oxygen atoms in total. The summed E-state index contributed by atoms with van der Waals surface area (Å²) in [7, 11) is 3.13. The Bertz CT molecular complexity index is 1100. The number of rotatable bonds is 10. The monoisotopic (exact) mass is 469 g/mol. The van der Waals surface area contributed by atoms with Gasteiger partial charge in [-0.1, -0.05) is 23.9 Å². The number of nitrogens with zero attached hydrogens (tertiary/aromatic N) is 3. The number of para-hydroxylation sites is 2. The zero-order valence-electron chi connectivity index (χ0n) is 19.0. The highest BCUT2D eigenvalue weighted by atomic mass is 32.2. The van der Waals surface area contributed by atoms with Crippen LogP contribution in [0.15, 0.2) is 53.7 Å². The molecule has 0 bridgehead atoms. The second-order valence-corrected chi connectivity index (χ2v) is 7.99. The highest BCUT2D eigenvalue weighted by Crippen LogP contribution is 2.25. The molecule has 2 aromatic carbocycles. The molecule has 1 aromatic heterocycles. The number of hydrogen-bond acceptors (Lipinski definition) is 7. The Morgan fingerprint density at radius 2 is 1.79 bits per heavy atom. The molecule has 3 aromatic rings. The molecule has 0 aliphatic rings. The van der Waals surface area contributed by atoms with Gasteiger partial charge in [-0.3, -0.25) is 9.59 Å². The molecule has 0 saturated carbocycles. The Morgan fingerprint density at radius 3 is 2.45 bits per heavy atom. The number of carbonyl (C=O) groups excluding carboxylic acids is 2. The fraction of sp³-hybridized carbons (Fsp3) is 0.304. The molecule has 0 saturated heterocycles. The lowest BCUT2D eigenvalue weighted by Gasteiger charge is -2.15. The number of aromatic nitrogens is 3. The number of anilines is 1. The van der Waals surface area contributed by atoms with E-state index >= 15 is 0 Å². The van der Waals surface area contributed by atoms with Gasteiger partial charge < -0.3 is 24.7 Å². The van der Waals surface area contributed by atoms with Crippen molar-refractivity contribution in [3.63, 3.8) is 0 Å². The summed E-state index contributed by atoms with van der Waals surface area (Å²) >= 11 is 1.28.